The van der Waals surface area contributed by atoms with Crippen LogP contribution in [0.3, 0.4) is 0 Å². The molecule has 0 radical (unpaired) electrons. The van der Waals surface area contributed by atoms with E-state index < -0.39 is 17.0 Å². The Morgan fingerprint density at radius 3 is 2.56 bits per heavy atom. The van der Waals surface area contributed by atoms with E-state index in [4.69, 9.17) is 4.74 Å². The van der Waals surface area contributed by atoms with Gasteiger partial charge in [0.2, 0.25) is 0 Å². The summed E-state index contributed by atoms with van der Waals surface area (Å²) in [4.78, 5) is 0. The van der Waals surface area contributed by atoms with Gasteiger partial charge in [0.1, 0.15) is 12.4 Å². The summed E-state index contributed by atoms with van der Waals surface area (Å²) < 4.78 is 31.5. The van der Waals surface area contributed by atoms with Gasteiger partial charge in [0.15, 0.2) is 11.6 Å². The molecule has 0 saturated heterocycles. The van der Waals surface area contributed by atoms with Crippen LogP contribution in [-0.4, -0.2) is 6.61 Å². The van der Waals surface area contributed by atoms with Crippen molar-refractivity contribution in [3.8, 4) is 11.8 Å². The molecule has 0 amide bonds. The Bertz CT molecular complexity index is 461. The highest BCUT2D eigenvalue weighted by molar-refractivity contribution is 5.25. The molecule has 0 aliphatic heterocycles. The Hall–Kier alpha value is -1.63. The van der Waals surface area contributed by atoms with Crippen LogP contribution in [0.1, 0.15) is 32.1 Å². The van der Waals surface area contributed by atoms with Crippen LogP contribution >= 0.6 is 0 Å². The van der Waals surface area contributed by atoms with Crippen molar-refractivity contribution in [1.29, 1.82) is 5.26 Å². The van der Waals surface area contributed by atoms with Crippen LogP contribution in [0.4, 0.5) is 8.78 Å². The molecule has 2 rings (SSSR count). The number of hydrogen-bond acceptors (Lipinski definition) is 2. The second kappa shape index (κ2) is 5.34. The van der Waals surface area contributed by atoms with E-state index in [1.807, 2.05) is 0 Å². The van der Waals surface area contributed by atoms with Gasteiger partial charge >= 0.3 is 0 Å². The zero-order valence-corrected chi connectivity index (χ0v) is 10.1. The lowest BCUT2D eigenvalue weighted by atomic mass is 9.76. The van der Waals surface area contributed by atoms with Crippen molar-refractivity contribution in [2.45, 2.75) is 32.1 Å². The molecule has 1 saturated carbocycles. The largest absolute Gasteiger partial charge is 0.489 e. The number of halogens is 2. The predicted molar refractivity (Wildman–Crippen MR) is 63.0 cm³/mol. The third-order valence-corrected chi connectivity index (χ3v) is 3.45. The molecule has 0 unspecified atom stereocenters. The average Bonchev–Trinajstić information content (AvgIpc) is 2.39. The highest BCUT2D eigenvalue weighted by Gasteiger charge is 2.33. The van der Waals surface area contributed by atoms with Gasteiger partial charge in [0.25, 0.3) is 0 Å². The summed E-state index contributed by atoms with van der Waals surface area (Å²) >= 11 is 0. The molecule has 4 heteroatoms. The van der Waals surface area contributed by atoms with Gasteiger partial charge in [-0.1, -0.05) is 19.3 Å². The number of ether oxygens (including phenoxy) is 1. The summed E-state index contributed by atoms with van der Waals surface area (Å²) in [5.41, 5.74) is -0.515. The Kier molecular flexibility index (Phi) is 3.81. The quantitative estimate of drug-likeness (QED) is 0.818. The summed E-state index contributed by atoms with van der Waals surface area (Å²) in [5, 5.41) is 9.25. The summed E-state index contributed by atoms with van der Waals surface area (Å²) in [6.45, 7) is 0.173. The fourth-order valence-electron chi connectivity index (χ4n) is 2.33. The molecule has 0 spiro atoms. The first-order chi connectivity index (χ1) is 8.65. The van der Waals surface area contributed by atoms with E-state index in [1.54, 1.807) is 0 Å². The minimum Gasteiger partial charge on any atom is -0.489 e. The third kappa shape index (κ3) is 2.79. The maximum absolute atomic E-state index is 13.4. The van der Waals surface area contributed by atoms with Crippen molar-refractivity contribution in [3.63, 3.8) is 0 Å². The van der Waals surface area contributed by atoms with Crippen molar-refractivity contribution in [3.05, 3.63) is 29.8 Å². The van der Waals surface area contributed by atoms with Gasteiger partial charge in [0, 0.05) is 6.07 Å². The van der Waals surface area contributed by atoms with Crippen LogP contribution in [0.5, 0.6) is 5.75 Å². The molecule has 1 fully saturated rings. The fraction of sp³-hybridized carbons (Fsp3) is 0.500. The predicted octanol–water partition coefficient (Wildman–Crippen LogP) is 3.82. The summed E-state index contributed by atoms with van der Waals surface area (Å²) in [6.07, 6.45) is 4.71. The SMILES string of the molecule is N#CC1(COc2ccc(F)cc2F)CCCCC1. The van der Waals surface area contributed by atoms with Crippen LogP contribution in [0.2, 0.25) is 0 Å². The van der Waals surface area contributed by atoms with E-state index in [-0.39, 0.29) is 12.4 Å². The monoisotopic (exact) mass is 251 g/mol. The lowest BCUT2D eigenvalue weighted by Gasteiger charge is -2.30. The number of nitrogens with zero attached hydrogens (tertiary/aromatic N) is 1. The van der Waals surface area contributed by atoms with E-state index >= 15 is 0 Å². The molecule has 1 aliphatic rings. The molecule has 0 atom stereocenters. The lowest BCUT2D eigenvalue weighted by molar-refractivity contribution is 0.146. The molecular weight excluding hydrogens is 236 g/mol. The van der Waals surface area contributed by atoms with Crippen LogP contribution < -0.4 is 4.74 Å². The topological polar surface area (TPSA) is 33.0 Å². The maximum Gasteiger partial charge on any atom is 0.167 e. The minimum absolute atomic E-state index is 0.0107. The zero-order valence-electron chi connectivity index (χ0n) is 10.1. The number of benzene rings is 1. The lowest BCUT2D eigenvalue weighted by Crippen LogP contribution is -2.29. The standard InChI is InChI=1S/C14H15F2NO/c15-11-4-5-13(12(16)8-11)18-10-14(9-17)6-2-1-3-7-14/h4-5,8H,1-3,6-7,10H2. The maximum atomic E-state index is 13.4. The van der Waals surface area contributed by atoms with Gasteiger partial charge in [0.05, 0.1) is 11.5 Å². The van der Waals surface area contributed by atoms with Crippen molar-refractivity contribution in [2.24, 2.45) is 5.41 Å². The molecule has 96 valence electrons. The first-order valence-corrected chi connectivity index (χ1v) is 6.14. The molecule has 0 N–H and O–H groups in total. The molecule has 2 nitrogen and oxygen atoms in total. The second-order valence-corrected chi connectivity index (χ2v) is 4.82. The van der Waals surface area contributed by atoms with Crippen molar-refractivity contribution in [2.75, 3.05) is 6.61 Å². The van der Waals surface area contributed by atoms with Crippen LogP contribution in [0.15, 0.2) is 18.2 Å². The van der Waals surface area contributed by atoms with Gasteiger partial charge in [-0.2, -0.15) is 5.26 Å². The molecule has 0 heterocycles. The van der Waals surface area contributed by atoms with E-state index in [1.165, 1.54) is 6.07 Å². The normalized spacial score (nSPS) is 18.1. The Morgan fingerprint density at radius 1 is 1.22 bits per heavy atom. The first-order valence-electron chi connectivity index (χ1n) is 6.14. The summed E-state index contributed by atoms with van der Waals surface area (Å²) in [7, 11) is 0. The molecule has 0 aromatic heterocycles. The van der Waals surface area contributed by atoms with Gasteiger partial charge < -0.3 is 4.74 Å². The molecule has 1 aromatic rings. The number of rotatable bonds is 3. The smallest absolute Gasteiger partial charge is 0.167 e. The molecule has 0 bridgehead atoms. The van der Waals surface area contributed by atoms with Gasteiger partial charge in [-0.3, -0.25) is 0 Å². The van der Waals surface area contributed by atoms with E-state index in [9.17, 15) is 14.0 Å². The Labute approximate surface area is 105 Å². The average molecular weight is 251 g/mol. The third-order valence-electron chi connectivity index (χ3n) is 3.45. The van der Waals surface area contributed by atoms with Gasteiger partial charge in [-0.05, 0) is 25.0 Å². The van der Waals surface area contributed by atoms with Crippen LogP contribution in [0.25, 0.3) is 0 Å². The minimum atomic E-state index is -0.723. The van der Waals surface area contributed by atoms with E-state index in [0.29, 0.717) is 0 Å². The van der Waals surface area contributed by atoms with Crippen LogP contribution in [0, 0.1) is 28.4 Å². The zero-order chi connectivity index (χ0) is 13.0. The Morgan fingerprint density at radius 2 is 1.94 bits per heavy atom. The summed E-state index contributed by atoms with van der Waals surface area (Å²) in [6, 6.07) is 5.50. The molecule has 18 heavy (non-hydrogen) atoms. The molecule has 1 aromatic carbocycles. The highest BCUT2D eigenvalue weighted by Crippen LogP contribution is 2.36. The van der Waals surface area contributed by atoms with Crippen molar-refractivity contribution in [1.82, 2.24) is 0 Å². The highest BCUT2D eigenvalue weighted by atomic mass is 19.1. The van der Waals surface area contributed by atoms with Crippen molar-refractivity contribution >= 4 is 0 Å². The fourth-order valence-corrected chi connectivity index (χ4v) is 2.33. The first kappa shape index (κ1) is 12.8. The van der Waals surface area contributed by atoms with Gasteiger partial charge in [-0.25, -0.2) is 8.78 Å². The number of hydrogen-bond donors (Lipinski definition) is 0. The molecule has 1 aliphatic carbocycles. The summed E-state index contributed by atoms with van der Waals surface area (Å²) in [5.74, 6) is -1.34. The van der Waals surface area contributed by atoms with Gasteiger partial charge in [-0.15, -0.1) is 0 Å². The van der Waals surface area contributed by atoms with E-state index in [0.717, 1.165) is 44.2 Å². The number of nitriles is 1. The van der Waals surface area contributed by atoms with Crippen LogP contribution in [-0.2, 0) is 0 Å². The Balaban J connectivity index is 2.04. The second-order valence-electron chi connectivity index (χ2n) is 4.82. The van der Waals surface area contributed by atoms with E-state index in [2.05, 4.69) is 6.07 Å². The molecular formula is C14H15F2NO. The van der Waals surface area contributed by atoms with Crippen molar-refractivity contribution < 1.29 is 13.5 Å².